The highest BCUT2D eigenvalue weighted by molar-refractivity contribution is 6.35. The minimum atomic E-state index is -0.627. The van der Waals surface area contributed by atoms with E-state index in [0.717, 1.165) is 0 Å². The normalized spacial score (nSPS) is 13.6. The molecule has 22 heavy (non-hydrogen) atoms. The predicted octanol–water partition coefficient (Wildman–Crippen LogP) is 4.08. The first kappa shape index (κ1) is 17.1. The van der Waals surface area contributed by atoms with Gasteiger partial charge in [0.2, 0.25) is 0 Å². The van der Waals surface area contributed by atoms with E-state index >= 15 is 0 Å². The molecule has 5 heteroatoms. The van der Waals surface area contributed by atoms with Gasteiger partial charge in [-0.05, 0) is 30.7 Å². The Morgan fingerprint density at radius 3 is 2.55 bits per heavy atom. The molecule has 0 aliphatic carbocycles. The fraction of sp³-hybridized carbons (Fsp3) is 0.294. The Hall–Kier alpha value is -1.26. The Bertz CT molecular complexity index is 592. The van der Waals surface area contributed by atoms with Gasteiger partial charge in [-0.15, -0.1) is 0 Å². The van der Waals surface area contributed by atoms with Crippen LogP contribution in [-0.2, 0) is 0 Å². The van der Waals surface area contributed by atoms with Crippen molar-refractivity contribution in [3.63, 3.8) is 0 Å². The van der Waals surface area contributed by atoms with Gasteiger partial charge >= 0.3 is 0 Å². The highest BCUT2D eigenvalue weighted by Crippen LogP contribution is 2.27. The summed E-state index contributed by atoms with van der Waals surface area (Å²) in [5, 5.41) is 14.3. The minimum absolute atomic E-state index is 0.162. The number of hydrogen-bond donors (Lipinski definition) is 2. The van der Waals surface area contributed by atoms with Gasteiger partial charge in [-0.25, -0.2) is 0 Å². The van der Waals surface area contributed by atoms with Gasteiger partial charge in [0.25, 0.3) is 0 Å². The molecule has 0 aliphatic rings. The predicted molar refractivity (Wildman–Crippen MR) is 90.8 cm³/mol. The Balaban J connectivity index is 1.77. The molecular weight excluding hydrogens is 321 g/mol. The quantitative estimate of drug-likeness (QED) is 0.798. The molecule has 0 fully saturated rings. The van der Waals surface area contributed by atoms with Gasteiger partial charge < -0.3 is 15.2 Å². The van der Waals surface area contributed by atoms with Crippen molar-refractivity contribution in [1.29, 1.82) is 0 Å². The van der Waals surface area contributed by atoms with Crippen molar-refractivity contribution < 1.29 is 9.84 Å². The third-order valence-corrected chi connectivity index (χ3v) is 3.81. The second kappa shape index (κ2) is 8.39. The average Bonchev–Trinajstić information content (AvgIpc) is 2.52. The first-order valence-corrected chi connectivity index (χ1v) is 7.86. The van der Waals surface area contributed by atoms with Crippen LogP contribution in [0, 0.1) is 0 Å². The molecular formula is C17H19Cl2NO2. The van der Waals surface area contributed by atoms with Crippen molar-refractivity contribution in [3.8, 4) is 5.75 Å². The molecule has 118 valence electrons. The smallest absolute Gasteiger partial charge is 0.138 e. The van der Waals surface area contributed by atoms with Crippen LogP contribution in [0.25, 0.3) is 0 Å². The summed E-state index contributed by atoms with van der Waals surface area (Å²) in [6.45, 7) is 2.65. The molecule has 2 aromatic carbocycles. The van der Waals surface area contributed by atoms with Gasteiger partial charge in [-0.2, -0.15) is 0 Å². The molecule has 0 unspecified atom stereocenters. The van der Waals surface area contributed by atoms with Crippen LogP contribution >= 0.6 is 23.2 Å². The summed E-state index contributed by atoms with van der Waals surface area (Å²) in [5.74, 6) is 0.515. The molecule has 2 aromatic rings. The molecule has 0 heterocycles. The summed E-state index contributed by atoms with van der Waals surface area (Å²) in [6, 6.07) is 15.2. The van der Waals surface area contributed by atoms with Crippen LogP contribution in [0.4, 0.5) is 0 Å². The third kappa shape index (κ3) is 5.18. The second-order valence-corrected chi connectivity index (χ2v) is 5.92. The summed E-state index contributed by atoms with van der Waals surface area (Å²) in [7, 11) is 0. The van der Waals surface area contributed by atoms with Crippen molar-refractivity contribution in [2.75, 3.05) is 13.2 Å². The van der Waals surface area contributed by atoms with Gasteiger partial charge in [0, 0.05) is 17.6 Å². The van der Waals surface area contributed by atoms with Crippen LogP contribution in [0.5, 0.6) is 5.75 Å². The number of hydrogen-bond acceptors (Lipinski definition) is 3. The summed E-state index contributed by atoms with van der Waals surface area (Å²) >= 11 is 11.8. The fourth-order valence-corrected chi connectivity index (χ4v) is 2.47. The van der Waals surface area contributed by atoms with E-state index in [0.29, 0.717) is 22.3 Å². The van der Waals surface area contributed by atoms with E-state index < -0.39 is 6.10 Å². The van der Waals surface area contributed by atoms with Crippen molar-refractivity contribution in [2.24, 2.45) is 0 Å². The summed E-state index contributed by atoms with van der Waals surface area (Å²) in [5.41, 5.74) is 1.18. The lowest BCUT2D eigenvalue weighted by molar-refractivity contribution is 0.104. The Morgan fingerprint density at radius 1 is 1.14 bits per heavy atom. The monoisotopic (exact) mass is 339 g/mol. The lowest BCUT2D eigenvalue weighted by atomic mass is 10.1. The Morgan fingerprint density at radius 2 is 1.86 bits per heavy atom. The molecule has 0 amide bonds. The third-order valence-electron chi connectivity index (χ3n) is 3.28. The Labute approximate surface area is 140 Å². The number of nitrogens with one attached hydrogen (secondary N) is 1. The van der Waals surface area contributed by atoms with E-state index in [1.165, 1.54) is 5.56 Å². The zero-order valence-corrected chi connectivity index (χ0v) is 13.8. The zero-order chi connectivity index (χ0) is 15.9. The molecule has 2 N–H and O–H groups in total. The summed E-state index contributed by atoms with van der Waals surface area (Å²) in [6.07, 6.45) is -0.627. The van der Waals surface area contributed by atoms with E-state index in [4.69, 9.17) is 27.9 Å². The van der Waals surface area contributed by atoms with E-state index in [1.54, 1.807) is 18.2 Å². The van der Waals surface area contributed by atoms with Crippen LogP contribution in [0.2, 0.25) is 10.0 Å². The number of ether oxygens (including phenoxy) is 1. The van der Waals surface area contributed by atoms with Crippen LogP contribution < -0.4 is 10.1 Å². The molecule has 2 rings (SSSR count). The molecule has 0 aliphatic heterocycles. The van der Waals surface area contributed by atoms with Crippen LogP contribution in [0.1, 0.15) is 18.5 Å². The van der Waals surface area contributed by atoms with Crippen molar-refractivity contribution in [2.45, 2.75) is 19.1 Å². The SMILES string of the molecule is C[C@@H](NC[C@H](O)COc1ccc(Cl)cc1Cl)c1ccccc1. The molecule has 0 saturated heterocycles. The van der Waals surface area contributed by atoms with E-state index in [9.17, 15) is 5.11 Å². The minimum Gasteiger partial charge on any atom is -0.489 e. The van der Waals surface area contributed by atoms with Crippen LogP contribution in [0.3, 0.4) is 0 Å². The number of aliphatic hydroxyl groups excluding tert-OH is 1. The van der Waals surface area contributed by atoms with Crippen LogP contribution in [-0.4, -0.2) is 24.4 Å². The standard InChI is InChI=1S/C17H19Cl2NO2/c1-12(13-5-3-2-4-6-13)20-10-15(21)11-22-17-8-7-14(18)9-16(17)19/h2-9,12,15,20-21H,10-11H2,1H3/t12-,15+/m1/s1. The largest absolute Gasteiger partial charge is 0.489 e. The van der Waals surface area contributed by atoms with Crippen LogP contribution in [0.15, 0.2) is 48.5 Å². The highest BCUT2D eigenvalue weighted by atomic mass is 35.5. The molecule has 0 radical (unpaired) electrons. The molecule has 0 bridgehead atoms. The molecule has 2 atom stereocenters. The van der Waals surface area contributed by atoms with Crippen molar-refractivity contribution in [3.05, 3.63) is 64.1 Å². The van der Waals surface area contributed by atoms with Gasteiger partial charge in [-0.1, -0.05) is 53.5 Å². The van der Waals surface area contributed by atoms with Gasteiger partial charge in [0.05, 0.1) is 5.02 Å². The highest BCUT2D eigenvalue weighted by Gasteiger charge is 2.10. The maximum absolute atomic E-state index is 10.00. The molecule has 0 aromatic heterocycles. The lowest BCUT2D eigenvalue weighted by Crippen LogP contribution is -2.33. The molecule has 0 spiro atoms. The first-order chi connectivity index (χ1) is 10.6. The molecule has 3 nitrogen and oxygen atoms in total. The summed E-state index contributed by atoms with van der Waals surface area (Å²) in [4.78, 5) is 0. The zero-order valence-electron chi connectivity index (χ0n) is 12.3. The maximum atomic E-state index is 10.00. The van der Waals surface area contributed by atoms with E-state index in [2.05, 4.69) is 12.2 Å². The average molecular weight is 340 g/mol. The second-order valence-electron chi connectivity index (χ2n) is 5.08. The first-order valence-electron chi connectivity index (χ1n) is 7.10. The number of halogens is 2. The van der Waals surface area contributed by atoms with Gasteiger partial charge in [0.1, 0.15) is 18.5 Å². The Kier molecular flexibility index (Phi) is 6.52. The number of rotatable bonds is 7. The fourth-order valence-electron chi connectivity index (χ4n) is 2.01. The topological polar surface area (TPSA) is 41.5 Å². The number of aliphatic hydroxyl groups is 1. The summed E-state index contributed by atoms with van der Waals surface area (Å²) < 4.78 is 5.51. The van der Waals surface area contributed by atoms with E-state index in [-0.39, 0.29) is 12.6 Å². The van der Waals surface area contributed by atoms with E-state index in [1.807, 2.05) is 30.3 Å². The van der Waals surface area contributed by atoms with Crippen molar-refractivity contribution in [1.82, 2.24) is 5.32 Å². The maximum Gasteiger partial charge on any atom is 0.138 e. The molecule has 0 saturated carbocycles. The van der Waals surface area contributed by atoms with Crippen molar-refractivity contribution >= 4 is 23.2 Å². The van der Waals surface area contributed by atoms with Gasteiger partial charge in [0.15, 0.2) is 0 Å². The lowest BCUT2D eigenvalue weighted by Gasteiger charge is -2.18. The number of benzene rings is 2. The van der Waals surface area contributed by atoms with Gasteiger partial charge in [-0.3, -0.25) is 0 Å².